The van der Waals surface area contributed by atoms with Gasteiger partial charge < -0.3 is 0 Å². The highest BCUT2D eigenvalue weighted by Gasteiger charge is 2.17. The molecule has 0 aliphatic carbocycles. The van der Waals surface area contributed by atoms with E-state index < -0.39 is 0 Å². The third kappa shape index (κ3) is 2.23. The van der Waals surface area contributed by atoms with Gasteiger partial charge in [0, 0.05) is 17.0 Å². The molecule has 0 amide bonds. The van der Waals surface area contributed by atoms with Gasteiger partial charge in [-0.15, -0.1) is 11.3 Å². The maximum absolute atomic E-state index is 4.61. The molecule has 0 saturated carbocycles. The summed E-state index contributed by atoms with van der Waals surface area (Å²) in [6.45, 7) is 6.51. The maximum Gasteiger partial charge on any atom is 0.142 e. The number of hydrogen-bond donors (Lipinski definition) is 0. The Morgan fingerprint density at radius 1 is 1.20 bits per heavy atom. The van der Waals surface area contributed by atoms with Gasteiger partial charge in [0.05, 0.1) is 11.4 Å². The van der Waals surface area contributed by atoms with Crippen molar-refractivity contribution in [2.45, 2.75) is 26.2 Å². The molecule has 0 bridgehead atoms. The fraction of sp³-hybridized carbons (Fsp3) is 0.333. The predicted octanol–water partition coefficient (Wildman–Crippen LogP) is 3.50. The molecule has 0 N–H and O–H groups in total. The van der Waals surface area contributed by atoms with Crippen LogP contribution in [0.25, 0.3) is 10.7 Å². The molecule has 78 valence electrons. The van der Waals surface area contributed by atoms with E-state index in [4.69, 9.17) is 0 Å². The van der Waals surface area contributed by atoms with Crippen molar-refractivity contribution in [3.63, 3.8) is 0 Å². The largest absolute Gasteiger partial charge is 0.254 e. The highest BCUT2D eigenvalue weighted by atomic mass is 32.1. The monoisotopic (exact) mass is 218 g/mol. The first kappa shape index (κ1) is 10.3. The molecule has 2 aromatic heterocycles. The van der Waals surface area contributed by atoms with Crippen LogP contribution in [0.4, 0.5) is 0 Å². The van der Waals surface area contributed by atoms with Crippen LogP contribution in [0.15, 0.2) is 29.8 Å². The minimum Gasteiger partial charge on any atom is -0.254 e. The van der Waals surface area contributed by atoms with Gasteiger partial charge in [-0.3, -0.25) is 4.98 Å². The fourth-order valence-electron chi connectivity index (χ4n) is 1.23. The second-order valence-corrected chi connectivity index (χ2v) is 5.36. The number of aromatic nitrogens is 2. The van der Waals surface area contributed by atoms with Crippen molar-refractivity contribution in [2.24, 2.45) is 0 Å². The van der Waals surface area contributed by atoms with Crippen molar-refractivity contribution in [3.8, 4) is 10.7 Å². The number of nitrogens with zero attached hydrogens (tertiary/aromatic N) is 2. The van der Waals surface area contributed by atoms with Crippen molar-refractivity contribution >= 4 is 11.3 Å². The van der Waals surface area contributed by atoms with E-state index in [-0.39, 0.29) is 5.41 Å². The zero-order valence-electron chi connectivity index (χ0n) is 9.19. The van der Waals surface area contributed by atoms with Gasteiger partial charge in [-0.1, -0.05) is 26.8 Å². The van der Waals surface area contributed by atoms with Crippen LogP contribution in [0.5, 0.6) is 0 Å². The Kier molecular flexibility index (Phi) is 2.57. The van der Waals surface area contributed by atoms with Gasteiger partial charge in [0.2, 0.25) is 0 Å². The molecular formula is C12H14N2S. The molecule has 0 aliphatic heterocycles. The lowest BCUT2D eigenvalue weighted by atomic mass is 9.93. The van der Waals surface area contributed by atoms with Crippen molar-refractivity contribution in [2.75, 3.05) is 0 Å². The Morgan fingerprint density at radius 3 is 2.53 bits per heavy atom. The molecule has 2 heterocycles. The fourth-order valence-corrected chi connectivity index (χ4v) is 2.25. The normalized spacial score (nSPS) is 11.7. The van der Waals surface area contributed by atoms with Gasteiger partial charge in [-0.25, -0.2) is 4.98 Å². The molecule has 3 heteroatoms. The van der Waals surface area contributed by atoms with E-state index >= 15 is 0 Å². The molecule has 0 aromatic carbocycles. The first-order chi connectivity index (χ1) is 7.07. The summed E-state index contributed by atoms with van der Waals surface area (Å²) in [5.41, 5.74) is 2.20. The molecule has 2 aromatic rings. The summed E-state index contributed by atoms with van der Waals surface area (Å²) in [5.74, 6) is 0. The average molecular weight is 218 g/mol. The Balaban J connectivity index is 2.37. The van der Waals surface area contributed by atoms with Crippen molar-refractivity contribution in [3.05, 3.63) is 35.5 Å². The summed E-state index contributed by atoms with van der Waals surface area (Å²) < 4.78 is 0. The lowest BCUT2D eigenvalue weighted by Gasteiger charge is -2.14. The minimum absolute atomic E-state index is 0.115. The second kappa shape index (κ2) is 3.74. The van der Waals surface area contributed by atoms with E-state index in [1.807, 2.05) is 18.2 Å². The molecule has 0 saturated heterocycles. The van der Waals surface area contributed by atoms with E-state index in [1.165, 1.54) is 0 Å². The lowest BCUT2D eigenvalue weighted by Crippen LogP contribution is -2.11. The van der Waals surface area contributed by atoms with Crippen molar-refractivity contribution < 1.29 is 0 Å². The van der Waals surface area contributed by atoms with Gasteiger partial charge >= 0.3 is 0 Å². The highest BCUT2D eigenvalue weighted by Crippen LogP contribution is 2.28. The van der Waals surface area contributed by atoms with Gasteiger partial charge in [0.25, 0.3) is 0 Å². The second-order valence-electron chi connectivity index (χ2n) is 4.50. The van der Waals surface area contributed by atoms with Crippen LogP contribution in [0.2, 0.25) is 0 Å². The van der Waals surface area contributed by atoms with Gasteiger partial charge in [0.1, 0.15) is 5.01 Å². The van der Waals surface area contributed by atoms with E-state index in [1.54, 1.807) is 17.5 Å². The van der Waals surface area contributed by atoms with Gasteiger partial charge in [0.15, 0.2) is 0 Å². The maximum atomic E-state index is 4.61. The molecule has 0 atom stereocenters. The summed E-state index contributed by atoms with van der Waals surface area (Å²) in [7, 11) is 0. The Bertz CT molecular complexity index is 440. The van der Waals surface area contributed by atoms with Crippen LogP contribution in [0.3, 0.4) is 0 Å². The van der Waals surface area contributed by atoms with Crippen LogP contribution < -0.4 is 0 Å². The van der Waals surface area contributed by atoms with Gasteiger partial charge in [-0.2, -0.15) is 0 Å². The summed E-state index contributed by atoms with van der Waals surface area (Å²) >= 11 is 1.66. The number of thiazole rings is 1. The van der Waals surface area contributed by atoms with E-state index in [0.29, 0.717) is 0 Å². The smallest absolute Gasteiger partial charge is 0.142 e. The van der Waals surface area contributed by atoms with E-state index in [9.17, 15) is 0 Å². The predicted molar refractivity (Wildman–Crippen MR) is 64.0 cm³/mol. The van der Waals surface area contributed by atoms with Crippen LogP contribution in [-0.2, 0) is 5.41 Å². The molecule has 0 aliphatic rings. The molecule has 0 radical (unpaired) electrons. The number of rotatable bonds is 1. The number of pyridine rings is 1. The molecule has 0 unspecified atom stereocenters. The van der Waals surface area contributed by atoms with E-state index in [0.717, 1.165) is 16.4 Å². The Hall–Kier alpha value is -1.22. The number of hydrogen-bond acceptors (Lipinski definition) is 3. The minimum atomic E-state index is 0.115. The van der Waals surface area contributed by atoms with Crippen LogP contribution >= 0.6 is 11.3 Å². The first-order valence-electron chi connectivity index (χ1n) is 4.95. The van der Waals surface area contributed by atoms with Crippen molar-refractivity contribution in [1.82, 2.24) is 9.97 Å². The van der Waals surface area contributed by atoms with Crippen molar-refractivity contribution in [1.29, 1.82) is 0 Å². The zero-order chi connectivity index (χ0) is 10.9. The summed E-state index contributed by atoms with van der Waals surface area (Å²) in [6, 6.07) is 5.90. The highest BCUT2D eigenvalue weighted by molar-refractivity contribution is 7.13. The third-order valence-corrected chi connectivity index (χ3v) is 3.02. The molecule has 2 nitrogen and oxygen atoms in total. The third-order valence-electron chi connectivity index (χ3n) is 2.16. The Morgan fingerprint density at radius 2 is 2.00 bits per heavy atom. The topological polar surface area (TPSA) is 25.8 Å². The Labute approximate surface area is 94.0 Å². The first-order valence-corrected chi connectivity index (χ1v) is 5.83. The summed E-state index contributed by atoms with van der Waals surface area (Å²) in [4.78, 5) is 8.90. The molecule has 0 spiro atoms. The molecular weight excluding hydrogens is 204 g/mol. The summed E-state index contributed by atoms with van der Waals surface area (Å²) in [5, 5.41) is 3.12. The van der Waals surface area contributed by atoms with Crippen LogP contribution in [0.1, 0.15) is 26.5 Å². The standard InChI is InChI=1S/C12H14N2S/c1-12(2,3)10-8-15-11(14-10)9-6-4-5-7-13-9/h4-8H,1-3H3. The zero-order valence-corrected chi connectivity index (χ0v) is 10.0. The molecule has 0 fully saturated rings. The van der Waals surface area contributed by atoms with Gasteiger partial charge in [-0.05, 0) is 12.1 Å². The quantitative estimate of drug-likeness (QED) is 0.732. The summed E-state index contributed by atoms with van der Waals surface area (Å²) in [6.07, 6.45) is 1.80. The SMILES string of the molecule is CC(C)(C)c1csc(-c2ccccn2)n1. The average Bonchev–Trinajstić information content (AvgIpc) is 2.67. The van der Waals surface area contributed by atoms with Crippen LogP contribution in [-0.4, -0.2) is 9.97 Å². The van der Waals surface area contributed by atoms with Crippen LogP contribution in [0, 0.1) is 0 Å². The molecule has 2 rings (SSSR count). The van der Waals surface area contributed by atoms with E-state index in [2.05, 4.69) is 36.1 Å². The lowest BCUT2D eigenvalue weighted by molar-refractivity contribution is 0.573. The molecule has 15 heavy (non-hydrogen) atoms.